The summed E-state index contributed by atoms with van der Waals surface area (Å²) in [4.78, 5) is 16.5. The average Bonchev–Trinajstić information content (AvgIpc) is 2.58. The Morgan fingerprint density at radius 1 is 1.27 bits per heavy atom. The summed E-state index contributed by atoms with van der Waals surface area (Å²) in [6.07, 6.45) is 0. The molecule has 0 atom stereocenters. The van der Waals surface area contributed by atoms with Gasteiger partial charge in [0.15, 0.2) is 0 Å². The number of rotatable bonds is 8. The van der Waals surface area contributed by atoms with Gasteiger partial charge in [-0.1, -0.05) is 30.3 Å². The summed E-state index contributed by atoms with van der Waals surface area (Å²) < 4.78 is 5.32. The highest BCUT2D eigenvalue weighted by atomic mass is 16.5. The minimum absolute atomic E-state index is 0.160. The largest absolute Gasteiger partial charge is 0.379 e. The number of hydrogen-bond donors (Lipinski definition) is 1. The van der Waals surface area contributed by atoms with E-state index < -0.39 is 0 Å². The number of carbonyl (C=O) groups excluding carboxylic acids is 1. The number of nitrogens with zero attached hydrogens (tertiary/aromatic N) is 2. The lowest BCUT2D eigenvalue weighted by atomic mass is 10.2. The van der Waals surface area contributed by atoms with Gasteiger partial charge in [0, 0.05) is 39.3 Å². The molecule has 22 heavy (non-hydrogen) atoms. The van der Waals surface area contributed by atoms with Crippen LogP contribution in [0, 0.1) is 0 Å². The number of nitrogens with one attached hydrogen (secondary N) is 1. The number of carbonyl (C=O) groups is 1. The number of ether oxygens (including phenoxy) is 1. The van der Waals surface area contributed by atoms with Gasteiger partial charge in [0.2, 0.25) is 5.91 Å². The minimum Gasteiger partial charge on any atom is -0.379 e. The Balaban J connectivity index is 1.66. The molecule has 1 aliphatic heterocycles. The normalized spacial score (nSPS) is 15.7. The van der Waals surface area contributed by atoms with Crippen molar-refractivity contribution in [1.82, 2.24) is 15.1 Å². The zero-order valence-electron chi connectivity index (χ0n) is 13.5. The summed E-state index contributed by atoms with van der Waals surface area (Å²) in [6.45, 7) is 9.28. The second kappa shape index (κ2) is 9.56. The van der Waals surface area contributed by atoms with Crippen molar-refractivity contribution in [2.24, 2.45) is 0 Å². The van der Waals surface area contributed by atoms with Crippen LogP contribution in [-0.4, -0.2) is 68.2 Å². The molecule has 1 aliphatic rings. The van der Waals surface area contributed by atoms with Crippen LogP contribution in [0.3, 0.4) is 0 Å². The molecule has 1 aromatic rings. The molecule has 5 nitrogen and oxygen atoms in total. The van der Waals surface area contributed by atoms with Crippen LogP contribution in [0.4, 0.5) is 0 Å². The van der Waals surface area contributed by atoms with Crippen LogP contribution in [-0.2, 0) is 16.1 Å². The van der Waals surface area contributed by atoms with E-state index in [4.69, 9.17) is 4.74 Å². The third kappa shape index (κ3) is 5.75. The van der Waals surface area contributed by atoms with Crippen molar-refractivity contribution in [2.45, 2.75) is 13.5 Å². The maximum Gasteiger partial charge on any atom is 0.236 e. The van der Waals surface area contributed by atoms with E-state index in [1.54, 1.807) is 0 Å². The first kappa shape index (κ1) is 16.9. The van der Waals surface area contributed by atoms with E-state index in [2.05, 4.69) is 22.3 Å². The van der Waals surface area contributed by atoms with Crippen molar-refractivity contribution in [2.75, 3.05) is 52.5 Å². The number of benzene rings is 1. The van der Waals surface area contributed by atoms with Gasteiger partial charge in [0.25, 0.3) is 0 Å². The Morgan fingerprint density at radius 2 is 2.00 bits per heavy atom. The molecule has 0 bridgehead atoms. The van der Waals surface area contributed by atoms with Gasteiger partial charge in [-0.3, -0.25) is 9.69 Å². The van der Waals surface area contributed by atoms with Gasteiger partial charge in [-0.15, -0.1) is 0 Å². The smallest absolute Gasteiger partial charge is 0.236 e. The molecule has 5 heteroatoms. The Labute approximate surface area is 133 Å². The number of likely N-dealkylation sites (N-methyl/N-ethyl adjacent to an activating group) is 1. The fraction of sp³-hybridized carbons (Fsp3) is 0.588. The molecule has 2 rings (SSSR count). The van der Waals surface area contributed by atoms with Gasteiger partial charge >= 0.3 is 0 Å². The fourth-order valence-corrected chi connectivity index (χ4v) is 2.55. The molecule has 1 N–H and O–H groups in total. The van der Waals surface area contributed by atoms with Gasteiger partial charge in [-0.2, -0.15) is 0 Å². The van der Waals surface area contributed by atoms with Gasteiger partial charge in [0.05, 0.1) is 19.8 Å². The standard InChI is InChI=1S/C17H27N3O2/c1-2-20(15-16-6-4-3-5-7-16)17(21)14-18-8-9-19-10-12-22-13-11-19/h3-7,18H,2,8-15H2,1H3. The lowest BCUT2D eigenvalue weighted by Crippen LogP contribution is -2.43. The molecule has 0 aliphatic carbocycles. The first-order chi connectivity index (χ1) is 10.8. The Bertz CT molecular complexity index is 433. The van der Waals surface area contributed by atoms with Crippen molar-refractivity contribution in [3.8, 4) is 0 Å². The molecule has 1 amide bonds. The van der Waals surface area contributed by atoms with E-state index in [9.17, 15) is 4.79 Å². The van der Waals surface area contributed by atoms with Gasteiger partial charge in [-0.05, 0) is 12.5 Å². The molecular weight excluding hydrogens is 278 g/mol. The Morgan fingerprint density at radius 3 is 2.68 bits per heavy atom. The van der Waals surface area contributed by atoms with Gasteiger partial charge < -0.3 is 15.0 Å². The highest BCUT2D eigenvalue weighted by Crippen LogP contribution is 2.04. The topological polar surface area (TPSA) is 44.8 Å². The molecule has 0 spiro atoms. The van der Waals surface area contributed by atoms with Crippen LogP contribution >= 0.6 is 0 Å². The molecule has 0 radical (unpaired) electrons. The summed E-state index contributed by atoms with van der Waals surface area (Å²) in [6, 6.07) is 10.1. The summed E-state index contributed by atoms with van der Waals surface area (Å²) >= 11 is 0. The molecule has 1 fully saturated rings. The maximum absolute atomic E-state index is 12.3. The van der Waals surface area contributed by atoms with Crippen LogP contribution < -0.4 is 5.32 Å². The van der Waals surface area contributed by atoms with Crippen LogP contribution in [0.25, 0.3) is 0 Å². The third-order valence-corrected chi connectivity index (χ3v) is 3.94. The van der Waals surface area contributed by atoms with Crippen LogP contribution in [0.15, 0.2) is 30.3 Å². The van der Waals surface area contributed by atoms with Gasteiger partial charge in [0.1, 0.15) is 0 Å². The highest BCUT2D eigenvalue weighted by Gasteiger charge is 2.13. The second-order valence-electron chi connectivity index (χ2n) is 5.52. The summed E-state index contributed by atoms with van der Waals surface area (Å²) in [5, 5.41) is 3.26. The SMILES string of the molecule is CCN(Cc1ccccc1)C(=O)CNCCN1CCOCC1. The van der Waals surface area contributed by atoms with E-state index in [1.807, 2.05) is 30.0 Å². The first-order valence-corrected chi connectivity index (χ1v) is 8.12. The molecule has 0 aromatic heterocycles. The van der Waals surface area contributed by atoms with Crippen LogP contribution in [0.1, 0.15) is 12.5 Å². The number of morpholine rings is 1. The number of amides is 1. The van der Waals surface area contributed by atoms with E-state index in [0.717, 1.165) is 45.9 Å². The summed E-state index contributed by atoms with van der Waals surface area (Å²) in [7, 11) is 0. The fourth-order valence-electron chi connectivity index (χ4n) is 2.55. The molecule has 1 saturated heterocycles. The van der Waals surface area contributed by atoms with Crippen molar-refractivity contribution in [3.63, 3.8) is 0 Å². The zero-order valence-corrected chi connectivity index (χ0v) is 13.5. The predicted molar refractivity (Wildman–Crippen MR) is 87.7 cm³/mol. The molecule has 1 heterocycles. The van der Waals surface area contributed by atoms with E-state index in [0.29, 0.717) is 13.1 Å². The predicted octanol–water partition coefficient (Wildman–Crippen LogP) is 0.957. The van der Waals surface area contributed by atoms with Crippen molar-refractivity contribution in [1.29, 1.82) is 0 Å². The van der Waals surface area contributed by atoms with E-state index in [-0.39, 0.29) is 5.91 Å². The maximum atomic E-state index is 12.3. The van der Waals surface area contributed by atoms with Gasteiger partial charge in [-0.25, -0.2) is 0 Å². The highest BCUT2D eigenvalue weighted by molar-refractivity contribution is 5.78. The Kier molecular flexibility index (Phi) is 7.36. The molecule has 0 unspecified atom stereocenters. The van der Waals surface area contributed by atoms with E-state index in [1.165, 1.54) is 5.56 Å². The minimum atomic E-state index is 0.160. The summed E-state index contributed by atoms with van der Waals surface area (Å²) in [5.41, 5.74) is 1.17. The second-order valence-corrected chi connectivity index (χ2v) is 5.52. The lowest BCUT2D eigenvalue weighted by Gasteiger charge is -2.26. The summed E-state index contributed by atoms with van der Waals surface area (Å²) in [5.74, 6) is 0.160. The molecular formula is C17H27N3O2. The van der Waals surface area contributed by atoms with Crippen molar-refractivity contribution >= 4 is 5.91 Å². The van der Waals surface area contributed by atoms with Crippen molar-refractivity contribution in [3.05, 3.63) is 35.9 Å². The molecule has 122 valence electrons. The molecule has 1 aromatic carbocycles. The molecule has 0 saturated carbocycles. The first-order valence-electron chi connectivity index (χ1n) is 8.12. The Hall–Kier alpha value is -1.43. The quantitative estimate of drug-likeness (QED) is 0.727. The van der Waals surface area contributed by atoms with Crippen LogP contribution in [0.2, 0.25) is 0 Å². The van der Waals surface area contributed by atoms with E-state index >= 15 is 0 Å². The van der Waals surface area contributed by atoms with Crippen molar-refractivity contribution < 1.29 is 9.53 Å². The zero-order chi connectivity index (χ0) is 15.6. The number of hydrogen-bond acceptors (Lipinski definition) is 4. The third-order valence-electron chi connectivity index (χ3n) is 3.94. The average molecular weight is 305 g/mol. The van der Waals surface area contributed by atoms with Crippen LogP contribution in [0.5, 0.6) is 0 Å². The monoisotopic (exact) mass is 305 g/mol. The lowest BCUT2D eigenvalue weighted by molar-refractivity contribution is -0.130.